The number of hydrogen-bond acceptors (Lipinski definition) is 6. The molecule has 24 heavy (non-hydrogen) atoms. The Hall–Kier alpha value is -2.59. The third-order valence-corrected chi connectivity index (χ3v) is 3.96. The van der Waals surface area contributed by atoms with Gasteiger partial charge in [-0.25, -0.2) is 0 Å². The Kier molecular flexibility index (Phi) is 5.42. The molecule has 0 fully saturated rings. The number of rotatable bonds is 6. The van der Waals surface area contributed by atoms with Crippen molar-refractivity contribution in [3.8, 4) is 23.5 Å². The lowest BCUT2D eigenvalue weighted by Gasteiger charge is -2.26. The van der Waals surface area contributed by atoms with Gasteiger partial charge in [0, 0.05) is 5.56 Å². The van der Waals surface area contributed by atoms with Gasteiger partial charge in [0.1, 0.15) is 5.54 Å². The molecule has 1 N–H and O–H groups in total. The molecule has 1 heterocycles. The summed E-state index contributed by atoms with van der Waals surface area (Å²) < 4.78 is 10.1. The van der Waals surface area contributed by atoms with E-state index in [-0.39, 0.29) is 24.4 Å². The molecule has 0 saturated heterocycles. The highest BCUT2D eigenvalue weighted by atomic mass is 35.5. The Balaban J connectivity index is 1.98. The van der Waals surface area contributed by atoms with Gasteiger partial charge >= 0.3 is 6.08 Å². The third kappa shape index (κ3) is 4.03. The summed E-state index contributed by atoms with van der Waals surface area (Å²) in [5, 5.41) is 16.1. The van der Waals surface area contributed by atoms with Crippen LogP contribution in [0, 0.1) is 17.2 Å². The molecular formula is C16H17ClN4O3. The van der Waals surface area contributed by atoms with Crippen molar-refractivity contribution in [3.63, 3.8) is 0 Å². The normalized spacial score (nSPS) is 13.2. The van der Waals surface area contributed by atoms with E-state index in [1.807, 2.05) is 13.8 Å². The minimum absolute atomic E-state index is 0.0540. The monoisotopic (exact) mass is 348 g/mol. The topological polar surface area (TPSA) is 101 Å². The van der Waals surface area contributed by atoms with Crippen LogP contribution in [0.4, 0.5) is 0 Å². The number of carbonyl (C=O) groups is 1. The Labute approximate surface area is 144 Å². The molecule has 0 aliphatic carbocycles. The number of aromatic nitrogens is 2. The van der Waals surface area contributed by atoms with Crippen molar-refractivity contribution in [2.75, 3.05) is 6.61 Å². The largest absolute Gasteiger partial charge is 0.439 e. The van der Waals surface area contributed by atoms with Crippen LogP contribution in [0.2, 0.25) is 5.02 Å². The molecule has 0 aliphatic rings. The summed E-state index contributed by atoms with van der Waals surface area (Å²) in [6.45, 7) is 5.00. The lowest BCUT2D eigenvalue weighted by molar-refractivity contribution is -0.125. The summed E-state index contributed by atoms with van der Waals surface area (Å²) >= 11 is 6.06. The highest BCUT2D eigenvalue weighted by Crippen LogP contribution is 2.26. The summed E-state index contributed by atoms with van der Waals surface area (Å²) in [7, 11) is 0. The quantitative estimate of drug-likeness (QED) is 0.861. The Bertz CT molecular complexity index is 769. The van der Waals surface area contributed by atoms with Gasteiger partial charge in [0.2, 0.25) is 5.82 Å². The van der Waals surface area contributed by atoms with Crippen LogP contribution in [0.5, 0.6) is 6.08 Å². The van der Waals surface area contributed by atoms with Crippen LogP contribution in [0.3, 0.4) is 0 Å². The molecule has 1 aromatic heterocycles. The van der Waals surface area contributed by atoms with E-state index in [2.05, 4.69) is 21.5 Å². The van der Waals surface area contributed by atoms with Crippen molar-refractivity contribution in [1.82, 2.24) is 15.5 Å². The van der Waals surface area contributed by atoms with E-state index >= 15 is 0 Å². The second-order valence-electron chi connectivity index (χ2n) is 5.67. The lowest BCUT2D eigenvalue weighted by atomic mass is 9.90. The minimum atomic E-state index is -0.974. The maximum atomic E-state index is 11.9. The Morgan fingerprint density at radius 1 is 1.50 bits per heavy atom. The Morgan fingerprint density at radius 2 is 2.21 bits per heavy atom. The first-order chi connectivity index (χ1) is 11.4. The molecule has 8 heteroatoms. The zero-order valence-electron chi connectivity index (χ0n) is 13.5. The summed E-state index contributed by atoms with van der Waals surface area (Å²) in [5.74, 6) is -0.244. The molecule has 1 aromatic carbocycles. The predicted molar refractivity (Wildman–Crippen MR) is 87.2 cm³/mol. The van der Waals surface area contributed by atoms with Gasteiger partial charge in [-0.1, -0.05) is 42.7 Å². The molecule has 7 nitrogen and oxygen atoms in total. The average molecular weight is 349 g/mol. The second kappa shape index (κ2) is 7.32. The van der Waals surface area contributed by atoms with Crippen molar-refractivity contribution >= 4 is 17.5 Å². The smallest absolute Gasteiger partial charge is 0.418 e. The van der Waals surface area contributed by atoms with E-state index in [0.717, 1.165) is 0 Å². The Morgan fingerprint density at radius 3 is 2.83 bits per heavy atom. The maximum Gasteiger partial charge on any atom is 0.418 e. The number of benzene rings is 1. The fourth-order valence-electron chi connectivity index (χ4n) is 1.77. The van der Waals surface area contributed by atoms with Gasteiger partial charge in [0.05, 0.1) is 11.1 Å². The van der Waals surface area contributed by atoms with Crippen molar-refractivity contribution in [1.29, 1.82) is 5.26 Å². The van der Waals surface area contributed by atoms with E-state index in [1.54, 1.807) is 31.2 Å². The van der Waals surface area contributed by atoms with E-state index in [9.17, 15) is 10.1 Å². The standard InChI is InChI=1S/C16H17ClN4O3/c1-10(2)16(3,9-18)20-13(22)8-23-15-19-14(21-24-15)11-6-4-5-7-12(11)17/h4-7,10H,8H2,1-3H3,(H,20,22)/t16-/m0/s1. The van der Waals surface area contributed by atoms with Gasteiger partial charge < -0.3 is 10.1 Å². The number of ether oxygens (including phenoxy) is 1. The number of nitrogens with zero attached hydrogens (tertiary/aromatic N) is 3. The zero-order chi connectivity index (χ0) is 17.7. The lowest BCUT2D eigenvalue weighted by Crippen LogP contribution is -2.50. The van der Waals surface area contributed by atoms with Crippen molar-refractivity contribution in [2.24, 2.45) is 5.92 Å². The number of carbonyl (C=O) groups excluding carboxylic acids is 1. The van der Waals surface area contributed by atoms with Crippen LogP contribution >= 0.6 is 11.6 Å². The van der Waals surface area contributed by atoms with Gasteiger partial charge in [0.15, 0.2) is 6.61 Å². The number of amides is 1. The molecule has 126 valence electrons. The summed E-state index contributed by atoms with van der Waals surface area (Å²) in [5.41, 5.74) is -0.378. The van der Waals surface area contributed by atoms with Gasteiger partial charge in [-0.15, -0.1) is 0 Å². The number of halogens is 1. The van der Waals surface area contributed by atoms with Crippen LogP contribution in [0.15, 0.2) is 28.8 Å². The first-order valence-corrected chi connectivity index (χ1v) is 7.67. The summed E-state index contributed by atoms with van der Waals surface area (Å²) in [6, 6.07) is 9.11. The average Bonchev–Trinajstić information content (AvgIpc) is 3.01. The van der Waals surface area contributed by atoms with Gasteiger partial charge in [-0.3, -0.25) is 9.32 Å². The van der Waals surface area contributed by atoms with Crippen LogP contribution in [-0.2, 0) is 4.79 Å². The van der Waals surface area contributed by atoms with Crippen LogP contribution in [0.25, 0.3) is 11.4 Å². The van der Waals surface area contributed by atoms with E-state index < -0.39 is 11.4 Å². The highest BCUT2D eigenvalue weighted by Gasteiger charge is 2.30. The number of nitrogens with one attached hydrogen (secondary N) is 1. The molecule has 2 rings (SSSR count). The van der Waals surface area contributed by atoms with Gasteiger partial charge in [-0.2, -0.15) is 10.2 Å². The van der Waals surface area contributed by atoms with Crippen molar-refractivity contribution in [3.05, 3.63) is 29.3 Å². The third-order valence-electron chi connectivity index (χ3n) is 3.63. The van der Waals surface area contributed by atoms with Gasteiger partial charge in [0.25, 0.3) is 5.91 Å². The molecule has 0 aliphatic heterocycles. The van der Waals surface area contributed by atoms with Crippen LogP contribution in [-0.4, -0.2) is 28.2 Å². The molecule has 0 unspecified atom stereocenters. The maximum absolute atomic E-state index is 11.9. The minimum Gasteiger partial charge on any atom is -0.439 e. The predicted octanol–water partition coefficient (Wildman–Crippen LogP) is 2.82. The summed E-state index contributed by atoms with van der Waals surface area (Å²) in [6.07, 6.45) is -0.150. The number of nitriles is 1. The molecule has 2 aromatic rings. The van der Waals surface area contributed by atoms with E-state index in [4.69, 9.17) is 20.9 Å². The molecule has 0 radical (unpaired) electrons. The molecular weight excluding hydrogens is 332 g/mol. The molecule has 1 atom stereocenters. The SMILES string of the molecule is CC(C)[C@](C)(C#N)NC(=O)COc1nc(-c2ccccc2Cl)no1. The molecule has 0 spiro atoms. The second-order valence-corrected chi connectivity index (χ2v) is 6.08. The summed E-state index contributed by atoms with van der Waals surface area (Å²) in [4.78, 5) is 16.0. The van der Waals surface area contributed by atoms with Crippen LogP contribution in [0.1, 0.15) is 20.8 Å². The zero-order valence-corrected chi connectivity index (χ0v) is 14.3. The van der Waals surface area contributed by atoms with Gasteiger partial charge in [-0.05, 0) is 25.0 Å². The first-order valence-electron chi connectivity index (χ1n) is 7.29. The van der Waals surface area contributed by atoms with Crippen molar-refractivity contribution in [2.45, 2.75) is 26.3 Å². The van der Waals surface area contributed by atoms with Crippen LogP contribution < -0.4 is 10.1 Å². The molecule has 0 bridgehead atoms. The van der Waals surface area contributed by atoms with E-state index in [0.29, 0.717) is 10.6 Å². The van der Waals surface area contributed by atoms with Crippen molar-refractivity contribution < 1.29 is 14.1 Å². The number of hydrogen-bond donors (Lipinski definition) is 1. The molecule has 1 amide bonds. The van der Waals surface area contributed by atoms with E-state index in [1.165, 1.54) is 0 Å². The fourth-order valence-corrected chi connectivity index (χ4v) is 1.99. The fraction of sp³-hybridized carbons (Fsp3) is 0.375. The molecule has 0 saturated carbocycles. The highest BCUT2D eigenvalue weighted by molar-refractivity contribution is 6.33. The first kappa shape index (κ1) is 17.8.